The van der Waals surface area contributed by atoms with Gasteiger partial charge in [0, 0.05) is 111 Å². The number of benzene rings is 10. The lowest BCUT2D eigenvalue weighted by molar-refractivity contribution is -0.135. The molecule has 1 heterocycles. The number of carbonyl (C=O) groups excluding carboxylic acids is 7. The quantitative estimate of drug-likeness (QED) is 0.0246. The summed E-state index contributed by atoms with van der Waals surface area (Å²) in [5.74, 6) is 2.25. The molecule has 11 aromatic rings. The van der Waals surface area contributed by atoms with Gasteiger partial charge in [-0.25, -0.2) is 14.8 Å². The van der Waals surface area contributed by atoms with Crippen LogP contribution in [0.4, 0.5) is 0 Å². The molecular weight excluding hydrogens is 1470 g/mol. The minimum atomic E-state index is -0.432. The average molecular weight is 1570 g/mol. The summed E-state index contributed by atoms with van der Waals surface area (Å²) < 4.78 is 17.5. The Balaban J connectivity index is 0.000000199. The van der Waals surface area contributed by atoms with Crippen LogP contribution in [-0.4, -0.2) is 50.8 Å². The highest BCUT2D eigenvalue weighted by atomic mass is 32.2. The Kier molecular flexibility index (Phi) is 27.2. The van der Waals surface area contributed by atoms with Crippen molar-refractivity contribution in [2.24, 2.45) is 11.8 Å². The van der Waals surface area contributed by atoms with E-state index in [1.165, 1.54) is 90.5 Å². The molecular formula is C99H96N2O10S3. The van der Waals surface area contributed by atoms with E-state index in [9.17, 15) is 33.6 Å². The lowest BCUT2D eigenvalue weighted by Gasteiger charge is -2.28. The number of rotatable bonds is 29. The molecule has 0 aliphatic heterocycles. The molecule has 114 heavy (non-hydrogen) atoms. The van der Waals surface area contributed by atoms with E-state index >= 15 is 0 Å². The van der Waals surface area contributed by atoms with Gasteiger partial charge in [0.25, 0.3) is 0 Å². The highest BCUT2D eigenvalue weighted by molar-refractivity contribution is 8.00. The standard InChI is InChI=1S/C50H50O5S2.C49H46N2O5S/c1-5-6-7-8-13-42(51)34-20-16-32(17-21-34)33-18-22-35(23-19-33)49(54)55-37-26-30-39(31-27-37)57-44-15-10-12-41-46(44)48(53)40-11-9-14-43(45(40)47(41)52)56-38-28-24-36(25-29-38)50(2,3)4;1-4-6-7-8-12-33-17-27-39(28-18-33)57-43-16-10-14-41-46(43)48(54)40-13-9-15-42(45(40)47(41)53)55-37-23-19-34(20-24-37)36-30-50-49(51-31-36)35-21-25-38(26-22-35)56-44(52)29-32(3)11-5-2/h9-12,14-15,18-19,22-32,34H,5-8,13,16-17,20-21H2,1-4H3;9-10,13-28,30-32H,4-8,11-12,29H2,1-3H3/t;32-/m.1/s1. The largest absolute Gasteiger partial charge is 0.457 e. The lowest BCUT2D eigenvalue weighted by Crippen LogP contribution is -2.22. The molecule has 3 aliphatic carbocycles. The van der Waals surface area contributed by atoms with E-state index in [1.54, 1.807) is 73.1 Å². The molecule has 0 radical (unpaired) electrons. The number of hydrogen-bond donors (Lipinski definition) is 0. The molecule has 0 unspecified atom stereocenters. The number of fused-ring (bicyclic) bond motifs is 4. The smallest absolute Gasteiger partial charge is 0.343 e. The fraction of sp³-hybridized carbons (Fsp3) is 0.283. The van der Waals surface area contributed by atoms with Crippen molar-refractivity contribution < 1.29 is 47.8 Å². The van der Waals surface area contributed by atoms with Crippen molar-refractivity contribution in [3.05, 3.63) is 298 Å². The number of esters is 2. The number of ketones is 5. The summed E-state index contributed by atoms with van der Waals surface area (Å²) in [6.07, 6.45) is 21.1. The number of aryl methyl sites for hydroxylation is 1. The number of hydrogen-bond acceptors (Lipinski definition) is 15. The molecule has 15 heteroatoms. The van der Waals surface area contributed by atoms with Gasteiger partial charge in [-0.3, -0.25) is 28.8 Å². The van der Waals surface area contributed by atoms with Crippen LogP contribution >= 0.6 is 35.3 Å². The topological polar surface area (TPSA) is 173 Å². The zero-order valence-corrected chi connectivity index (χ0v) is 68.3. The van der Waals surface area contributed by atoms with Crippen molar-refractivity contribution in [1.82, 2.24) is 9.97 Å². The Bertz CT molecular complexity index is 5280. The number of unbranched alkanes of at least 4 members (excludes halogenated alkanes) is 6. The molecule has 0 amide bonds. The summed E-state index contributed by atoms with van der Waals surface area (Å²) in [7, 11) is 0. The van der Waals surface area contributed by atoms with E-state index in [1.807, 2.05) is 109 Å². The zero-order chi connectivity index (χ0) is 79.8. The maximum absolute atomic E-state index is 14.1. The SMILES string of the molecule is CCCCCCC(=O)C1CCC(c2ccc(C(=O)Oc3ccc(Sc4cccc5c4C(=O)c4cccc(Sc6ccc(C(C)(C)C)cc6)c4C5=O)cc3)cc2)CC1.CCCCCCc1ccc(Sc2cccc3c2C(=O)c2cccc(Oc4ccc(-c5cnc(-c6ccc(OC(=O)C[C@H](C)CCC)cc6)nc5)cc4)c2C3=O)cc1. The maximum atomic E-state index is 14.1. The molecule has 0 N–H and O–H groups in total. The maximum Gasteiger partial charge on any atom is 0.343 e. The molecule has 0 saturated heterocycles. The molecule has 580 valence electrons. The van der Waals surface area contributed by atoms with Gasteiger partial charge in [0.2, 0.25) is 0 Å². The molecule has 10 aromatic carbocycles. The molecule has 12 nitrogen and oxygen atoms in total. The number of ether oxygens (including phenoxy) is 3. The second-order valence-corrected chi connectivity index (χ2v) is 34.2. The van der Waals surface area contributed by atoms with Crippen molar-refractivity contribution in [2.75, 3.05) is 0 Å². The van der Waals surface area contributed by atoms with Gasteiger partial charge in [0.05, 0.1) is 11.1 Å². The minimum Gasteiger partial charge on any atom is -0.457 e. The van der Waals surface area contributed by atoms with E-state index in [2.05, 4.69) is 107 Å². The van der Waals surface area contributed by atoms with Gasteiger partial charge >= 0.3 is 11.9 Å². The minimum absolute atomic E-state index is 0.0393. The Morgan fingerprint density at radius 2 is 0.921 bits per heavy atom. The Morgan fingerprint density at radius 3 is 1.45 bits per heavy atom. The highest BCUT2D eigenvalue weighted by Gasteiger charge is 2.37. The Hall–Kier alpha value is -10.6. The predicted molar refractivity (Wildman–Crippen MR) is 455 cm³/mol. The van der Waals surface area contributed by atoms with Gasteiger partial charge in [-0.15, -0.1) is 0 Å². The zero-order valence-electron chi connectivity index (χ0n) is 65.9. The van der Waals surface area contributed by atoms with Crippen LogP contribution in [0, 0.1) is 11.8 Å². The van der Waals surface area contributed by atoms with Crippen LogP contribution in [0.5, 0.6) is 23.0 Å². The Morgan fingerprint density at radius 1 is 0.456 bits per heavy atom. The van der Waals surface area contributed by atoms with Crippen LogP contribution in [-0.2, 0) is 21.4 Å². The fourth-order valence-corrected chi connectivity index (χ4v) is 18.0. The molecule has 1 fully saturated rings. The third-order valence-corrected chi connectivity index (χ3v) is 24.7. The van der Waals surface area contributed by atoms with Crippen molar-refractivity contribution in [3.63, 3.8) is 0 Å². The molecule has 3 aliphatic rings. The molecule has 1 aromatic heterocycles. The first kappa shape index (κ1) is 81.4. The number of Topliss-reactive ketones (excluding diaryl/α,β-unsaturated/α-hetero) is 1. The van der Waals surface area contributed by atoms with Crippen LogP contribution in [0.2, 0.25) is 0 Å². The summed E-state index contributed by atoms with van der Waals surface area (Å²) in [4.78, 5) is 109. The van der Waals surface area contributed by atoms with Crippen molar-refractivity contribution in [1.29, 1.82) is 0 Å². The predicted octanol–water partition coefficient (Wildman–Crippen LogP) is 25.5. The van der Waals surface area contributed by atoms with Crippen LogP contribution in [0.1, 0.15) is 248 Å². The van der Waals surface area contributed by atoms with Gasteiger partial charge in [0.15, 0.2) is 29.0 Å². The van der Waals surface area contributed by atoms with Crippen LogP contribution < -0.4 is 14.2 Å². The van der Waals surface area contributed by atoms with E-state index in [0.29, 0.717) is 102 Å². The van der Waals surface area contributed by atoms with Crippen LogP contribution in [0.3, 0.4) is 0 Å². The van der Waals surface area contributed by atoms with Crippen LogP contribution in [0.25, 0.3) is 22.5 Å². The van der Waals surface area contributed by atoms with Crippen molar-refractivity contribution >= 4 is 76.1 Å². The van der Waals surface area contributed by atoms with Gasteiger partial charge in [-0.1, -0.05) is 232 Å². The number of nitrogens with zero attached hydrogens (tertiary/aromatic N) is 2. The number of carbonyl (C=O) groups is 7. The summed E-state index contributed by atoms with van der Waals surface area (Å²) in [5, 5.41) is 0. The van der Waals surface area contributed by atoms with Gasteiger partial charge in [-0.05, 0) is 206 Å². The van der Waals surface area contributed by atoms with E-state index in [4.69, 9.17) is 14.2 Å². The summed E-state index contributed by atoms with van der Waals surface area (Å²) in [5.41, 5.74) is 9.87. The lowest BCUT2D eigenvalue weighted by atomic mass is 9.76. The third-order valence-electron chi connectivity index (χ3n) is 21.5. The van der Waals surface area contributed by atoms with E-state index in [-0.39, 0.29) is 46.0 Å². The summed E-state index contributed by atoms with van der Waals surface area (Å²) >= 11 is 4.41. The average Bonchev–Trinajstić information content (AvgIpc) is 0.746. The fourth-order valence-electron chi connectivity index (χ4n) is 15.1. The van der Waals surface area contributed by atoms with Crippen molar-refractivity contribution in [2.45, 2.75) is 198 Å². The molecule has 0 bridgehead atoms. The second kappa shape index (κ2) is 38.0. The van der Waals surface area contributed by atoms with Gasteiger partial charge in [0.1, 0.15) is 28.8 Å². The molecule has 1 atom stereocenters. The molecule has 0 spiro atoms. The highest BCUT2D eigenvalue weighted by Crippen LogP contribution is 2.45. The summed E-state index contributed by atoms with van der Waals surface area (Å²) in [6, 6.07) is 68.0. The Labute approximate surface area is 682 Å². The van der Waals surface area contributed by atoms with Crippen LogP contribution in [0.15, 0.2) is 260 Å². The molecule has 14 rings (SSSR count). The van der Waals surface area contributed by atoms with E-state index < -0.39 is 5.97 Å². The third kappa shape index (κ3) is 19.9. The van der Waals surface area contributed by atoms with Gasteiger partial charge in [-0.2, -0.15) is 0 Å². The van der Waals surface area contributed by atoms with E-state index in [0.717, 1.165) is 105 Å². The van der Waals surface area contributed by atoms with Crippen molar-refractivity contribution in [3.8, 4) is 45.5 Å². The first-order chi connectivity index (χ1) is 55.3. The normalized spacial score (nSPS) is 14.5. The van der Waals surface area contributed by atoms with Gasteiger partial charge < -0.3 is 14.2 Å². The first-order valence-electron chi connectivity index (χ1n) is 40.1. The molecule has 1 saturated carbocycles. The summed E-state index contributed by atoms with van der Waals surface area (Å²) in [6.45, 7) is 15.1. The second-order valence-electron chi connectivity index (χ2n) is 30.9. The number of aromatic nitrogens is 2. The monoisotopic (exact) mass is 1570 g/mol. The first-order valence-corrected chi connectivity index (χ1v) is 42.6.